The third kappa shape index (κ3) is 4.10. The van der Waals surface area contributed by atoms with Gasteiger partial charge >= 0.3 is 0 Å². The van der Waals surface area contributed by atoms with Crippen molar-refractivity contribution in [1.82, 2.24) is 35.5 Å². The van der Waals surface area contributed by atoms with Crippen molar-refractivity contribution < 1.29 is 5.11 Å². The Labute approximate surface area is 204 Å². The van der Waals surface area contributed by atoms with Crippen LogP contribution >= 0.6 is 0 Å². The van der Waals surface area contributed by atoms with Crippen LogP contribution < -0.4 is 10.2 Å². The quantitative estimate of drug-likeness (QED) is 0.576. The summed E-state index contributed by atoms with van der Waals surface area (Å²) >= 11 is 0. The van der Waals surface area contributed by atoms with Gasteiger partial charge < -0.3 is 15.3 Å². The van der Waals surface area contributed by atoms with Gasteiger partial charge in [0.1, 0.15) is 17.5 Å². The predicted molar refractivity (Wildman–Crippen MR) is 129 cm³/mol. The number of nitriles is 1. The second-order valence-corrected chi connectivity index (χ2v) is 10.8. The summed E-state index contributed by atoms with van der Waals surface area (Å²) in [4.78, 5) is 7.14. The number of piperidine rings is 2. The summed E-state index contributed by atoms with van der Waals surface area (Å²) in [5.41, 5.74) is 2.15. The second-order valence-electron chi connectivity index (χ2n) is 10.8. The number of hydrogen-bond donors (Lipinski definition) is 2. The van der Waals surface area contributed by atoms with E-state index < -0.39 is 0 Å². The van der Waals surface area contributed by atoms with E-state index in [1.807, 2.05) is 6.07 Å². The SMILES string of the molecule is C[C@]12CCC[C@](C)(CC(N(c3ncc(-c4ccc(-n5cc(C#N)nn5)cc4O)nn3)C3CC3)C1)N2. The summed E-state index contributed by atoms with van der Waals surface area (Å²) in [6, 6.07) is 7.91. The van der Waals surface area contributed by atoms with E-state index in [1.165, 1.54) is 43.0 Å². The molecule has 4 heterocycles. The molecule has 10 nitrogen and oxygen atoms in total. The van der Waals surface area contributed by atoms with E-state index >= 15 is 0 Å². The maximum absolute atomic E-state index is 10.7. The molecule has 35 heavy (non-hydrogen) atoms. The van der Waals surface area contributed by atoms with E-state index in [0.29, 0.717) is 35.0 Å². The van der Waals surface area contributed by atoms with Crippen LogP contribution in [-0.4, -0.2) is 58.4 Å². The molecule has 2 bridgehead atoms. The van der Waals surface area contributed by atoms with Gasteiger partial charge in [0.15, 0.2) is 5.69 Å². The molecule has 2 aliphatic heterocycles. The highest BCUT2D eigenvalue weighted by molar-refractivity contribution is 5.68. The highest BCUT2D eigenvalue weighted by Gasteiger charge is 2.49. The average Bonchev–Trinajstić information content (AvgIpc) is 3.53. The van der Waals surface area contributed by atoms with Gasteiger partial charge in [-0.3, -0.25) is 0 Å². The fraction of sp³-hybridized carbons (Fsp3) is 0.520. The number of aromatic hydroxyl groups is 1. The lowest BCUT2D eigenvalue weighted by atomic mass is 9.69. The first-order valence-electron chi connectivity index (χ1n) is 12.3. The molecular formula is C25H29N9O. The Hall–Kier alpha value is -3.58. The van der Waals surface area contributed by atoms with Crippen LogP contribution in [0.5, 0.6) is 5.75 Å². The topological polar surface area (TPSA) is 129 Å². The smallest absolute Gasteiger partial charge is 0.245 e. The van der Waals surface area contributed by atoms with Crippen molar-refractivity contribution in [2.45, 2.75) is 82.0 Å². The number of rotatable bonds is 5. The van der Waals surface area contributed by atoms with Crippen molar-refractivity contribution >= 4 is 5.95 Å². The van der Waals surface area contributed by atoms with E-state index in [4.69, 9.17) is 10.2 Å². The lowest BCUT2D eigenvalue weighted by molar-refractivity contribution is 0.0764. The van der Waals surface area contributed by atoms with Crippen molar-refractivity contribution in [1.29, 1.82) is 5.26 Å². The Balaban J connectivity index is 1.26. The van der Waals surface area contributed by atoms with Crippen molar-refractivity contribution in [3.8, 4) is 28.8 Å². The lowest BCUT2D eigenvalue weighted by Gasteiger charge is -2.55. The molecule has 2 aromatic heterocycles. The maximum Gasteiger partial charge on any atom is 0.245 e. The minimum absolute atomic E-state index is 0.0337. The van der Waals surface area contributed by atoms with E-state index in [-0.39, 0.29) is 22.5 Å². The van der Waals surface area contributed by atoms with Crippen LogP contribution in [0.15, 0.2) is 30.6 Å². The highest BCUT2D eigenvalue weighted by Crippen LogP contribution is 2.44. The first-order chi connectivity index (χ1) is 16.8. The minimum atomic E-state index is 0.0337. The van der Waals surface area contributed by atoms with Gasteiger partial charge in [-0.25, -0.2) is 9.67 Å². The van der Waals surface area contributed by atoms with Gasteiger partial charge in [-0.05, 0) is 70.9 Å². The summed E-state index contributed by atoms with van der Waals surface area (Å²) in [5, 5.41) is 40.2. The van der Waals surface area contributed by atoms with Crippen molar-refractivity contribution in [2.75, 3.05) is 4.90 Å². The molecule has 0 amide bonds. The minimum Gasteiger partial charge on any atom is -0.507 e. The monoisotopic (exact) mass is 471 g/mol. The van der Waals surface area contributed by atoms with E-state index in [2.05, 4.69) is 44.6 Å². The molecule has 3 atom stereocenters. The van der Waals surface area contributed by atoms with Crippen LogP contribution in [0, 0.1) is 11.3 Å². The number of nitrogens with one attached hydrogen (secondary N) is 1. The summed E-state index contributed by atoms with van der Waals surface area (Å²) in [5.74, 6) is 0.711. The first kappa shape index (κ1) is 21.9. The van der Waals surface area contributed by atoms with Crippen LogP contribution in [0.3, 0.4) is 0 Å². The summed E-state index contributed by atoms with van der Waals surface area (Å²) in [7, 11) is 0. The van der Waals surface area contributed by atoms with Crippen LogP contribution in [0.25, 0.3) is 16.9 Å². The normalized spacial score (nSPS) is 27.9. The molecule has 1 saturated carbocycles. The number of phenols is 1. The average molecular weight is 472 g/mol. The van der Waals surface area contributed by atoms with E-state index in [0.717, 1.165) is 12.8 Å². The second kappa shape index (κ2) is 7.99. The molecule has 0 spiro atoms. The number of phenolic OH excluding ortho intramolecular Hbond substituents is 1. The third-order valence-corrected chi connectivity index (χ3v) is 7.68. The van der Waals surface area contributed by atoms with Crippen LogP contribution in [0.1, 0.15) is 64.5 Å². The maximum atomic E-state index is 10.7. The number of anilines is 1. The Morgan fingerprint density at radius 2 is 1.89 bits per heavy atom. The molecule has 6 rings (SSSR count). The molecule has 2 N–H and O–H groups in total. The zero-order valence-corrected chi connectivity index (χ0v) is 20.0. The van der Waals surface area contributed by atoms with Crippen LogP contribution in [0.4, 0.5) is 5.95 Å². The standard InChI is InChI=1S/C25H29N9O/c1-24-8-3-9-25(2,31-24)12-19(11-24)34(17-4-5-17)23-27-14-21(29-30-23)20-7-6-18(10-22(20)35)33-15-16(13-26)28-32-33/h6-7,10,14-15,17,19,31,35H,3-5,8-9,11-12H2,1-2H3/t19?,24-,25+. The lowest BCUT2D eigenvalue weighted by Crippen LogP contribution is -2.67. The van der Waals surface area contributed by atoms with Gasteiger partial charge in [0.05, 0.1) is 18.1 Å². The summed E-state index contributed by atoms with van der Waals surface area (Å²) in [6.45, 7) is 4.72. The van der Waals surface area contributed by atoms with Crippen molar-refractivity contribution in [3.05, 3.63) is 36.3 Å². The summed E-state index contributed by atoms with van der Waals surface area (Å²) in [6.07, 6.45) is 11.4. The van der Waals surface area contributed by atoms with E-state index in [9.17, 15) is 5.11 Å². The number of aromatic nitrogens is 6. The Bertz CT molecular complexity index is 1280. The number of nitrogens with zero attached hydrogens (tertiary/aromatic N) is 8. The first-order valence-corrected chi connectivity index (χ1v) is 12.3. The number of benzene rings is 1. The Morgan fingerprint density at radius 3 is 2.49 bits per heavy atom. The molecule has 0 radical (unpaired) electrons. The van der Waals surface area contributed by atoms with Crippen LogP contribution in [-0.2, 0) is 0 Å². The zero-order valence-electron chi connectivity index (χ0n) is 20.0. The molecule has 3 aromatic rings. The van der Waals surface area contributed by atoms with Gasteiger partial charge in [0, 0.05) is 34.8 Å². The molecule has 1 aliphatic carbocycles. The number of fused-ring (bicyclic) bond motifs is 2. The Kier molecular flexibility index (Phi) is 5.00. The molecule has 3 aliphatic rings. The molecule has 1 unspecified atom stereocenters. The molecule has 10 heteroatoms. The summed E-state index contributed by atoms with van der Waals surface area (Å²) < 4.78 is 1.44. The van der Waals surface area contributed by atoms with E-state index in [1.54, 1.807) is 24.4 Å². The fourth-order valence-corrected chi connectivity index (χ4v) is 6.15. The Morgan fingerprint density at radius 1 is 1.11 bits per heavy atom. The molecule has 2 saturated heterocycles. The van der Waals surface area contributed by atoms with Crippen LogP contribution in [0.2, 0.25) is 0 Å². The predicted octanol–water partition coefficient (Wildman–Crippen LogP) is 3.12. The largest absolute Gasteiger partial charge is 0.507 e. The third-order valence-electron chi connectivity index (χ3n) is 7.68. The van der Waals surface area contributed by atoms with Gasteiger partial charge in [-0.2, -0.15) is 5.26 Å². The molecule has 180 valence electrons. The highest BCUT2D eigenvalue weighted by atomic mass is 16.3. The van der Waals surface area contributed by atoms with Gasteiger partial charge in [-0.1, -0.05) is 5.21 Å². The van der Waals surface area contributed by atoms with Gasteiger partial charge in [0.25, 0.3) is 0 Å². The molecule has 3 fully saturated rings. The molecule has 1 aromatic carbocycles. The fourth-order valence-electron chi connectivity index (χ4n) is 6.15. The zero-order chi connectivity index (χ0) is 24.2. The van der Waals surface area contributed by atoms with Gasteiger partial charge in [-0.15, -0.1) is 15.3 Å². The number of hydrogen-bond acceptors (Lipinski definition) is 9. The van der Waals surface area contributed by atoms with Gasteiger partial charge in [0.2, 0.25) is 5.95 Å². The van der Waals surface area contributed by atoms with Crippen molar-refractivity contribution in [3.63, 3.8) is 0 Å². The van der Waals surface area contributed by atoms with Crippen molar-refractivity contribution in [2.24, 2.45) is 0 Å². The molecular weight excluding hydrogens is 442 g/mol.